The standard InChI is InChI=1S/C5H9ClOS/c1-5(6,3-7)4-8-2/h3H,4H2,1-2H3. The summed E-state index contributed by atoms with van der Waals surface area (Å²) in [7, 11) is 0. The van der Waals surface area contributed by atoms with Crippen LogP contribution in [0.2, 0.25) is 0 Å². The molecule has 0 N–H and O–H groups in total. The van der Waals surface area contributed by atoms with E-state index in [1.165, 1.54) is 0 Å². The molecule has 0 radical (unpaired) electrons. The summed E-state index contributed by atoms with van der Waals surface area (Å²) in [5, 5.41) is 0. The van der Waals surface area contributed by atoms with Crippen LogP contribution in [-0.2, 0) is 4.79 Å². The summed E-state index contributed by atoms with van der Waals surface area (Å²) in [5.74, 6) is 0.679. The molecule has 3 heteroatoms. The Morgan fingerprint density at radius 3 is 2.50 bits per heavy atom. The van der Waals surface area contributed by atoms with Crippen molar-refractivity contribution in [3.8, 4) is 0 Å². The molecule has 0 aromatic rings. The second-order valence-corrected chi connectivity index (χ2v) is 3.56. The van der Waals surface area contributed by atoms with Gasteiger partial charge in [-0.05, 0) is 13.2 Å². The number of hydrogen-bond acceptors (Lipinski definition) is 2. The van der Waals surface area contributed by atoms with Gasteiger partial charge in [-0.1, -0.05) is 0 Å². The van der Waals surface area contributed by atoms with E-state index in [9.17, 15) is 4.79 Å². The van der Waals surface area contributed by atoms with Crippen LogP contribution in [-0.4, -0.2) is 23.2 Å². The van der Waals surface area contributed by atoms with Crippen LogP contribution in [0.25, 0.3) is 0 Å². The maximum absolute atomic E-state index is 10.1. The monoisotopic (exact) mass is 152 g/mol. The van der Waals surface area contributed by atoms with Crippen molar-refractivity contribution in [2.45, 2.75) is 11.8 Å². The summed E-state index contributed by atoms with van der Waals surface area (Å²) in [6.07, 6.45) is 2.69. The van der Waals surface area contributed by atoms with Crippen LogP contribution in [0.5, 0.6) is 0 Å². The Balaban J connectivity index is 3.53. The molecule has 0 rings (SSSR count). The molecule has 8 heavy (non-hydrogen) atoms. The Morgan fingerprint density at radius 2 is 2.38 bits per heavy atom. The Kier molecular flexibility index (Phi) is 3.49. The van der Waals surface area contributed by atoms with Gasteiger partial charge in [-0.25, -0.2) is 0 Å². The molecule has 1 unspecified atom stereocenters. The van der Waals surface area contributed by atoms with Gasteiger partial charge in [0.2, 0.25) is 0 Å². The highest BCUT2D eigenvalue weighted by Gasteiger charge is 2.17. The van der Waals surface area contributed by atoms with Crippen LogP contribution in [0.4, 0.5) is 0 Å². The molecule has 0 amide bonds. The molecule has 0 saturated carbocycles. The zero-order valence-electron chi connectivity index (χ0n) is 4.98. The van der Waals surface area contributed by atoms with Gasteiger partial charge in [0.25, 0.3) is 0 Å². The Morgan fingerprint density at radius 1 is 1.88 bits per heavy atom. The fraction of sp³-hybridized carbons (Fsp3) is 0.800. The van der Waals surface area contributed by atoms with Crippen LogP contribution >= 0.6 is 23.4 Å². The summed E-state index contributed by atoms with van der Waals surface area (Å²) >= 11 is 7.20. The van der Waals surface area contributed by atoms with Gasteiger partial charge in [-0.3, -0.25) is 0 Å². The van der Waals surface area contributed by atoms with E-state index in [2.05, 4.69) is 0 Å². The number of rotatable bonds is 3. The van der Waals surface area contributed by atoms with E-state index in [0.29, 0.717) is 5.75 Å². The minimum atomic E-state index is -0.653. The van der Waals surface area contributed by atoms with E-state index in [-0.39, 0.29) is 0 Å². The van der Waals surface area contributed by atoms with E-state index < -0.39 is 4.87 Å². The van der Waals surface area contributed by atoms with Gasteiger partial charge >= 0.3 is 0 Å². The molecular weight excluding hydrogens is 144 g/mol. The highest BCUT2D eigenvalue weighted by atomic mass is 35.5. The smallest absolute Gasteiger partial charge is 0.141 e. The number of alkyl halides is 1. The minimum absolute atomic E-state index is 0.653. The molecule has 0 fully saturated rings. The lowest BCUT2D eigenvalue weighted by molar-refractivity contribution is -0.109. The average Bonchev–Trinajstić information content (AvgIpc) is 1.67. The number of thioether (sulfide) groups is 1. The summed E-state index contributed by atoms with van der Waals surface area (Å²) in [6.45, 7) is 1.71. The minimum Gasteiger partial charge on any atom is -0.301 e. The van der Waals surface area contributed by atoms with E-state index in [1.807, 2.05) is 6.26 Å². The van der Waals surface area contributed by atoms with Crippen LogP contribution in [0.1, 0.15) is 6.92 Å². The average molecular weight is 153 g/mol. The molecule has 0 aromatic carbocycles. The van der Waals surface area contributed by atoms with Crippen molar-refractivity contribution in [1.29, 1.82) is 0 Å². The van der Waals surface area contributed by atoms with Crippen LogP contribution in [0.3, 0.4) is 0 Å². The first kappa shape index (κ1) is 8.31. The van der Waals surface area contributed by atoms with Gasteiger partial charge in [-0.15, -0.1) is 11.6 Å². The third-order valence-corrected chi connectivity index (χ3v) is 1.94. The first-order valence-electron chi connectivity index (χ1n) is 2.26. The van der Waals surface area contributed by atoms with Crippen LogP contribution in [0.15, 0.2) is 0 Å². The fourth-order valence-electron chi connectivity index (χ4n) is 0.316. The normalized spacial score (nSPS) is 17.4. The SMILES string of the molecule is CSCC(C)(Cl)C=O. The third-order valence-electron chi connectivity index (χ3n) is 0.672. The molecule has 0 aromatic heterocycles. The van der Waals surface area contributed by atoms with E-state index >= 15 is 0 Å². The quantitative estimate of drug-likeness (QED) is 0.451. The molecule has 0 bridgehead atoms. The largest absolute Gasteiger partial charge is 0.301 e. The molecule has 1 nitrogen and oxygen atoms in total. The highest BCUT2D eigenvalue weighted by molar-refractivity contribution is 7.98. The lowest BCUT2D eigenvalue weighted by Gasteiger charge is -2.09. The van der Waals surface area contributed by atoms with Crippen molar-refractivity contribution in [3.63, 3.8) is 0 Å². The molecule has 48 valence electrons. The van der Waals surface area contributed by atoms with E-state index in [1.54, 1.807) is 18.7 Å². The molecule has 1 atom stereocenters. The number of carbonyl (C=O) groups excluding carboxylic acids is 1. The van der Waals surface area contributed by atoms with Crippen LogP contribution < -0.4 is 0 Å². The van der Waals surface area contributed by atoms with Gasteiger partial charge < -0.3 is 4.79 Å². The Hall–Kier alpha value is 0.310. The third kappa shape index (κ3) is 3.33. The van der Waals surface area contributed by atoms with Crippen molar-refractivity contribution < 1.29 is 4.79 Å². The maximum atomic E-state index is 10.1. The van der Waals surface area contributed by atoms with E-state index in [0.717, 1.165) is 6.29 Å². The molecule has 0 aliphatic heterocycles. The topological polar surface area (TPSA) is 17.1 Å². The number of hydrogen-bond donors (Lipinski definition) is 0. The molecule has 0 aliphatic carbocycles. The molecule has 0 heterocycles. The fourth-order valence-corrected chi connectivity index (χ4v) is 1.28. The zero-order chi connectivity index (χ0) is 6.62. The van der Waals surface area contributed by atoms with Crippen molar-refractivity contribution in [2.75, 3.05) is 12.0 Å². The predicted octanol–water partition coefficient (Wildman–Crippen LogP) is 1.55. The second kappa shape index (κ2) is 3.36. The predicted molar refractivity (Wildman–Crippen MR) is 38.7 cm³/mol. The Labute approximate surface area is 58.8 Å². The van der Waals surface area contributed by atoms with Crippen molar-refractivity contribution in [1.82, 2.24) is 0 Å². The highest BCUT2D eigenvalue weighted by Crippen LogP contribution is 2.15. The Bertz CT molecular complexity index is 82.5. The molecular formula is C5H9ClOS. The van der Waals surface area contributed by atoms with Gasteiger partial charge in [0, 0.05) is 5.75 Å². The lowest BCUT2D eigenvalue weighted by Crippen LogP contribution is -2.20. The maximum Gasteiger partial charge on any atom is 0.141 e. The zero-order valence-corrected chi connectivity index (χ0v) is 6.55. The van der Waals surface area contributed by atoms with Crippen molar-refractivity contribution in [3.05, 3.63) is 0 Å². The summed E-state index contributed by atoms with van der Waals surface area (Å²) in [4.78, 5) is 9.42. The lowest BCUT2D eigenvalue weighted by atomic mass is 10.2. The van der Waals surface area contributed by atoms with Crippen LogP contribution in [0, 0.1) is 0 Å². The number of halogens is 1. The van der Waals surface area contributed by atoms with Crippen molar-refractivity contribution in [2.24, 2.45) is 0 Å². The number of aldehydes is 1. The van der Waals surface area contributed by atoms with Gasteiger partial charge in [-0.2, -0.15) is 11.8 Å². The summed E-state index contributed by atoms with van der Waals surface area (Å²) in [5.41, 5.74) is 0. The summed E-state index contributed by atoms with van der Waals surface area (Å²) in [6, 6.07) is 0. The second-order valence-electron chi connectivity index (χ2n) is 1.83. The summed E-state index contributed by atoms with van der Waals surface area (Å²) < 4.78 is 0. The van der Waals surface area contributed by atoms with Crippen molar-refractivity contribution >= 4 is 29.6 Å². The number of carbonyl (C=O) groups is 1. The van der Waals surface area contributed by atoms with Gasteiger partial charge in [0.1, 0.15) is 11.2 Å². The molecule has 0 spiro atoms. The first-order valence-corrected chi connectivity index (χ1v) is 4.04. The van der Waals surface area contributed by atoms with Gasteiger partial charge in [0.05, 0.1) is 0 Å². The van der Waals surface area contributed by atoms with E-state index in [4.69, 9.17) is 11.6 Å². The first-order chi connectivity index (χ1) is 3.62. The molecule has 0 aliphatic rings. The molecule has 0 saturated heterocycles. The van der Waals surface area contributed by atoms with Gasteiger partial charge in [0.15, 0.2) is 0 Å².